The van der Waals surface area contributed by atoms with Gasteiger partial charge in [-0.2, -0.15) is 0 Å². The van der Waals surface area contributed by atoms with Crippen molar-refractivity contribution < 1.29 is 14.7 Å². The minimum Gasteiger partial charge on any atom is -0.550 e. The van der Waals surface area contributed by atoms with Crippen LogP contribution in [0, 0.1) is 15.4 Å². The van der Waals surface area contributed by atoms with Crippen molar-refractivity contribution in [3.8, 4) is 0 Å². The molecule has 0 bridgehead atoms. The maximum absolute atomic E-state index is 12.2. The Morgan fingerprint density at radius 2 is 1.68 bits per heavy atom. The zero-order valence-corrected chi connectivity index (χ0v) is 12.6. The van der Waals surface area contributed by atoms with Gasteiger partial charge in [0.25, 0.3) is 0 Å². The Hall–Kier alpha value is -1.11. The van der Waals surface area contributed by atoms with Crippen molar-refractivity contribution in [1.82, 2.24) is 0 Å². The average molecular weight is 372 g/mol. The number of carboxylic acids is 1. The molecule has 1 aliphatic rings. The number of anilines is 1. The minimum absolute atomic E-state index is 0.213. The molecule has 1 fully saturated rings. The molecule has 1 saturated carbocycles. The van der Waals surface area contributed by atoms with E-state index in [9.17, 15) is 14.7 Å². The topological polar surface area (TPSA) is 69.2 Å². The largest absolute Gasteiger partial charge is 0.550 e. The summed E-state index contributed by atoms with van der Waals surface area (Å²) in [6, 6.07) is 7.42. The van der Waals surface area contributed by atoms with Gasteiger partial charge in [0.15, 0.2) is 0 Å². The number of carbonyl (C=O) groups excluding carboxylic acids is 2. The second-order valence-electron chi connectivity index (χ2n) is 4.81. The van der Waals surface area contributed by atoms with E-state index < -0.39 is 17.8 Å². The number of aliphatic carboxylic acids is 1. The number of benzene rings is 1. The number of carbonyl (C=O) groups is 2. The van der Waals surface area contributed by atoms with Crippen LogP contribution in [0.1, 0.15) is 25.7 Å². The molecule has 19 heavy (non-hydrogen) atoms. The van der Waals surface area contributed by atoms with E-state index in [1.54, 1.807) is 0 Å². The first kappa shape index (κ1) is 14.3. The van der Waals surface area contributed by atoms with Gasteiger partial charge < -0.3 is 15.2 Å². The highest BCUT2D eigenvalue weighted by Crippen LogP contribution is 2.30. The Morgan fingerprint density at radius 3 is 2.26 bits per heavy atom. The third-order valence-corrected chi connectivity index (χ3v) is 4.24. The summed E-state index contributed by atoms with van der Waals surface area (Å²) in [6.45, 7) is 0. The van der Waals surface area contributed by atoms with Crippen LogP contribution in [0.4, 0.5) is 5.69 Å². The molecule has 1 aromatic rings. The van der Waals surface area contributed by atoms with E-state index in [-0.39, 0.29) is 5.91 Å². The van der Waals surface area contributed by atoms with Crippen LogP contribution in [0.25, 0.3) is 0 Å². The molecule has 2 rings (SSSR count). The SMILES string of the molecule is O=C([O-])[C@@H]1CCCC[C@H]1C(=O)Nc1ccc(I)cc1. The summed E-state index contributed by atoms with van der Waals surface area (Å²) in [5.74, 6) is -2.45. The van der Waals surface area contributed by atoms with Crippen LogP contribution in [0.5, 0.6) is 0 Å². The van der Waals surface area contributed by atoms with E-state index in [0.717, 1.165) is 16.4 Å². The van der Waals surface area contributed by atoms with Crippen molar-refractivity contribution >= 4 is 40.2 Å². The predicted octanol–water partition coefficient (Wildman–Crippen LogP) is 1.79. The van der Waals surface area contributed by atoms with E-state index in [1.807, 2.05) is 24.3 Å². The fraction of sp³-hybridized carbons (Fsp3) is 0.429. The van der Waals surface area contributed by atoms with Gasteiger partial charge >= 0.3 is 0 Å². The van der Waals surface area contributed by atoms with Gasteiger partial charge in [-0.15, -0.1) is 0 Å². The Bertz CT molecular complexity index is 472. The summed E-state index contributed by atoms with van der Waals surface area (Å²) in [5, 5.41) is 13.9. The summed E-state index contributed by atoms with van der Waals surface area (Å²) >= 11 is 2.19. The highest BCUT2D eigenvalue weighted by molar-refractivity contribution is 14.1. The molecule has 1 N–H and O–H groups in total. The summed E-state index contributed by atoms with van der Waals surface area (Å²) in [7, 11) is 0. The first-order valence-corrected chi connectivity index (χ1v) is 7.43. The van der Waals surface area contributed by atoms with E-state index in [4.69, 9.17) is 0 Å². The molecule has 1 aliphatic carbocycles. The minimum atomic E-state index is -1.11. The zero-order valence-electron chi connectivity index (χ0n) is 10.4. The number of rotatable bonds is 3. The van der Waals surface area contributed by atoms with E-state index >= 15 is 0 Å². The van der Waals surface area contributed by atoms with Crippen molar-refractivity contribution in [2.75, 3.05) is 5.32 Å². The summed E-state index contributed by atoms with van der Waals surface area (Å²) < 4.78 is 1.08. The van der Waals surface area contributed by atoms with Gasteiger partial charge in [0, 0.05) is 27.1 Å². The van der Waals surface area contributed by atoms with Crippen LogP contribution in [0.2, 0.25) is 0 Å². The van der Waals surface area contributed by atoms with E-state index in [0.29, 0.717) is 18.5 Å². The smallest absolute Gasteiger partial charge is 0.228 e. The number of carboxylic acid groups (broad SMARTS) is 1. The quantitative estimate of drug-likeness (QED) is 0.823. The zero-order chi connectivity index (χ0) is 13.8. The molecule has 1 aromatic carbocycles. The van der Waals surface area contributed by atoms with Gasteiger partial charge in [-0.3, -0.25) is 4.79 Å². The fourth-order valence-corrected chi connectivity index (χ4v) is 2.85. The third-order valence-electron chi connectivity index (χ3n) is 3.52. The maximum Gasteiger partial charge on any atom is 0.228 e. The van der Waals surface area contributed by atoms with Crippen LogP contribution >= 0.6 is 22.6 Å². The molecular weight excluding hydrogens is 357 g/mol. The molecule has 0 aromatic heterocycles. The monoisotopic (exact) mass is 372 g/mol. The summed E-state index contributed by atoms with van der Waals surface area (Å²) in [5.41, 5.74) is 0.702. The van der Waals surface area contributed by atoms with Crippen molar-refractivity contribution in [3.05, 3.63) is 27.8 Å². The lowest BCUT2D eigenvalue weighted by Crippen LogP contribution is -2.42. The molecule has 0 unspecified atom stereocenters. The highest BCUT2D eigenvalue weighted by atomic mass is 127. The van der Waals surface area contributed by atoms with Gasteiger partial charge in [0.05, 0.1) is 0 Å². The standard InChI is InChI=1S/C14H16INO3/c15-9-5-7-10(8-6-9)16-13(17)11-3-1-2-4-12(11)14(18)19/h5-8,11-12H,1-4H2,(H,16,17)(H,18,19)/p-1/t11-,12-/m1/s1. The second kappa shape index (κ2) is 6.36. The summed E-state index contributed by atoms with van der Waals surface area (Å²) in [4.78, 5) is 23.2. The molecule has 0 heterocycles. The summed E-state index contributed by atoms with van der Waals surface area (Å²) in [6.07, 6.45) is 2.91. The number of hydrogen-bond donors (Lipinski definition) is 1. The predicted molar refractivity (Wildman–Crippen MR) is 78.2 cm³/mol. The molecule has 2 atom stereocenters. The fourth-order valence-electron chi connectivity index (χ4n) is 2.49. The number of hydrogen-bond acceptors (Lipinski definition) is 3. The van der Waals surface area contributed by atoms with Crippen molar-refractivity contribution in [2.45, 2.75) is 25.7 Å². The third kappa shape index (κ3) is 3.68. The van der Waals surface area contributed by atoms with Gasteiger partial charge in [-0.25, -0.2) is 0 Å². The lowest BCUT2D eigenvalue weighted by atomic mass is 9.78. The first-order valence-electron chi connectivity index (χ1n) is 6.35. The molecule has 0 saturated heterocycles. The van der Waals surface area contributed by atoms with Crippen LogP contribution in [-0.2, 0) is 9.59 Å². The Labute approximate surface area is 125 Å². The second-order valence-corrected chi connectivity index (χ2v) is 6.06. The van der Waals surface area contributed by atoms with E-state index in [1.165, 1.54) is 0 Å². The van der Waals surface area contributed by atoms with Crippen molar-refractivity contribution in [2.24, 2.45) is 11.8 Å². The molecule has 5 heteroatoms. The van der Waals surface area contributed by atoms with Crippen molar-refractivity contribution in [1.29, 1.82) is 0 Å². The molecular formula is C14H15INO3-. The van der Waals surface area contributed by atoms with Crippen LogP contribution in [0.3, 0.4) is 0 Å². The molecule has 0 spiro atoms. The molecule has 4 nitrogen and oxygen atoms in total. The number of nitrogens with one attached hydrogen (secondary N) is 1. The Balaban J connectivity index is 2.05. The first-order chi connectivity index (χ1) is 9.08. The van der Waals surface area contributed by atoms with Gasteiger partial charge in [0.1, 0.15) is 0 Å². The highest BCUT2D eigenvalue weighted by Gasteiger charge is 2.31. The normalized spacial score (nSPS) is 22.8. The van der Waals surface area contributed by atoms with Crippen LogP contribution < -0.4 is 10.4 Å². The van der Waals surface area contributed by atoms with Crippen LogP contribution in [0.15, 0.2) is 24.3 Å². The maximum atomic E-state index is 12.2. The molecule has 0 radical (unpaired) electrons. The Morgan fingerprint density at radius 1 is 1.11 bits per heavy atom. The number of amides is 1. The Kier molecular flexibility index (Phi) is 4.79. The van der Waals surface area contributed by atoms with Gasteiger partial charge in [0.2, 0.25) is 5.91 Å². The van der Waals surface area contributed by atoms with Gasteiger partial charge in [-0.05, 0) is 59.7 Å². The lowest BCUT2D eigenvalue weighted by molar-refractivity contribution is -0.313. The average Bonchev–Trinajstić information content (AvgIpc) is 2.41. The van der Waals surface area contributed by atoms with Crippen LogP contribution in [-0.4, -0.2) is 11.9 Å². The van der Waals surface area contributed by atoms with Gasteiger partial charge in [-0.1, -0.05) is 12.8 Å². The van der Waals surface area contributed by atoms with Crippen molar-refractivity contribution in [3.63, 3.8) is 0 Å². The molecule has 1 amide bonds. The molecule has 102 valence electrons. The molecule has 0 aliphatic heterocycles. The lowest BCUT2D eigenvalue weighted by Gasteiger charge is -2.31. The van der Waals surface area contributed by atoms with E-state index in [2.05, 4.69) is 27.9 Å². The number of halogens is 1.